The van der Waals surface area contributed by atoms with E-state index in [9.17, 15) is 9.90 Å². The lowest BCUT2D eigenvalue weighted by atomic mass is 9.94. The van der Waals surface area contributed by atoms with Crippen LogP contribution in [0.15, 0.2) is 60.7 Å². The second-order valence-electron chi connectivity index (χ2n) is 7.38. The molecule has 28 heavy (non-hydrogen) atoms. The fraction of sp³-hybridized carbons (Fsp3) is 0.250. The van der Waals surface area contributed by atoms with Crippen molar-refractivity contribution in [3.63, 3.8) is 0 Å². The third kappa shape index (κ3) is 4.99. The van der Waals surface area contributed by atoms with Gasteiger partial charge in [-0.15, -0.1) is 0 Å². The van der Waals surface area contributed by atoms with Crippen LogP contribution in [0, 0.1) is 5.92 Å². The van der Waals surface area contributed by atoms with E-state index in [0.717, 1.165) is 29.7 Å². The average molecular weight is 394 g/mol. The van der Waals surface area contributed by atoms with E-state index in [0.29, 0.717) is 23.1 Å². The van der Waals surface area contributed by atoms with Gasteiger partial charge in [0.25, 0.3) is 0 Å². The molecule has 0 fully saturated rings. The Bertz CT molecular complexity index is 968. The molecule has 3 aromatic rings. The predicted octanol–water partition coefficient (Wildman–Crippen LogP) is 6.08. The molecule has 0 aliphatic heterocycles. The van der Waals surface area contributed by atoms with E-state index >= 15 is 0 Å². The molecule has 0 radical (unpaired) electrons. The molecule has 2 aromatic carbocycles. The molecule has 4 heteroatoms. The minimum atomic E-state index is -0.949. The molecule has 1 heterocycles. The third-order valence-corrected chi connectivity index (χ3v) is 4.88. The molecule has 0 saturated carbocycles. The summed E-state index contributed by atoms with van der Waals surface area (Å²) in [6.07, 6.45) is 2.12. The molecule has 0 aliphatic carbocycles. The van der Waals surface area contributed by atoms with Gasteiger partial charge in [0.05, 0.1) is 11.3 Å². The van der Waals surface area contributed by atoms with Crippen LogP contribution in [0.3, 0.4) is 0 Å². The molecule has 3 nitrogen and oxygen atoms in total. The van der Waals surface area contributed by atoms with Crippen LogP contribution in [0.5, 0.6) is 0 Å². The number of carboxylic acid groups (broad SMARTS) is 1. The summed E-state index contributed by atoms with van der Waals surface area (Å²) in [7, 11) is 0. The zero-order valence-electron chi connectivity index (χ0n) is 16.2. The maximum atomic E-state index is 12.0. The Balaban J connectivity index is 2.05. The van der Waals surface area contributed by atoms with Gasteiger partial charge in [-0.25, -0.2) is 4.79 Å². The van der Waals surface area contributed by atoms with Crippen LogP contribution < -0.4 is 0 Å². The number of aromatic carboxylic acids is 1. The van der Waals surface area contributed by atoms with Crippen molar-refractivity contribution in [3.8, 4) is 11.1 Å². The highest BCUT2D eigenvalue weighted by Crippen LogP contribution is 2.29. The molecule has 0 spiro atoms. The fourth-order valence-corrected chi connectivity index (χ4v) is 3.52. The first kappa shape index (κ1) is 20.1. The lowest BCUT2D eigenvalue weighted by Crippen LogP contribution is -2.11. The monoisotopic (exact) mass is 393 g/mol. The Morgan fingerprint density at radius 3 is 2.39 bits per heavy atom. The van der Waals surface area contributed by atoms with Crippen molar-refractivity contribution in [2.24, 2.45) is 5.92 Å². The van der Waals surface area contributed by atoms with E-state index < -0.39 is 5.97 Å². The Morgan fingerprint density at radius 2 is 1.75 bits per heavy atom. The lowest BCUT2D eigenvalue weighted by molar-refractivity contribution is 0.0695. The first-order valence-electron chi connectivity index (χ1n) is 9.50. The van der Waals surface area contributed by atoms with Crippen molar-refractivity contribution < 1.29 is 9.90 Å². The van der Waals surface area contributed by atoms with Gasteiger partial charge in [0.2, 0.25) is 0 Å². The number of rotatable bonds is 7. The van der Waals surface area contributed by atoms with E-state index in [4.69, 9.17) is 16.6 Å². The van der Waals surface area contributed by atoms with E-state index in [1.54, 1.807) is 6.07 Å². The number of hydrogen-bond donors (Lipinski definition) is 1. The molecular weight excluding hydrogens is 370 g/mol. The molecule has 0 aliphatic rings. The van der Waals surface area contributed by atoms with Crippen LogP contribution in [0.1, 0.15) is 41.2 Å². The summed E-state index contributed by atoms with van der Waals surface area (Å²) in [5.41, 5.74) is 4.73. The summed E-state index contributed by atoms with van der Waals surface area (Å²) in [6.45, 7) is 4.27. The van der Waals surface area contributed by atoms with Crippen LogP contribution in [0.4, 0.5) is 0 Å². The number of halogens is 1. The van der Waals surface area contributed by atoms with Gasteiger partial charge in [0.15, 0.2) is 0 Å². The summed E-state index contributed by atoms with van der Waals surface area (Å²) in [6, 6.07) is 19.3. The molecule has 1 aromatic heterocycles. The van der Waals surface area contributed by atoms with Gasteiger partial charge in [-0.2, -0.15) is 0 Å². The van der Waals surface area contributed by atoms with Crippen molar-refractivity contribution in [2.75, 3.05) is 0 Å². The maximum absolute atomic E-state index is 12.0. The maximum Gasteiger partial charge on any atom is 0.337 e. The van der Waals surface area contributed by atoms with Gasteiger partial charge in [-0.05, 0) is 54.5 Å². The van der Waals surface area contributed by atoms with Crippen molar-refractivity contribution in [1.82, 2.24) is 4.98 Å². The second kappa shape index (κ2) is 9.03. The summed E-state index contributed by atoms with van der Waals surface area (Å²) >= 11 is 6.17. The highest BCUT2D eigenvalue weighted by atomic mass is 35.5. The summed E-state index contributed by atoms with van der Waals surface area (Å²) in [4.78, 5) is 16.8. The standard InChI is InChI=1S/C24H24ClNO2/c1-16(2)13-23-20(18-9-6-10-19(25)14-18)15-21(24(27)28)22(26-23)12-11-17-7-4-3-5-8-17/h3-10,14-16H,11-13H2,1-2H3,(H,27,28). The van der Waals surface area contributed by atoms with Crippen molar-refractivity contribution in [2.45, 2.75) is 33.1 Å². The van der Waals surface area contributed by atoms with Crippen LogP contribution in [-0.4, -0.2) is 16.1 Å². The van der Waals surface area contributed by atoms with Gasteiger partial charge in [0.1, 0.15) is 0 Å². The van der Waals surface area contributed by atoms with Crippen molar-refractivity contribution >= 4 is 17.6 Å². The molecular formula is C24H24ClNO2. The van der Waals surface area contributed by atoms with E-state index in [1.165, 1.54) is 5.56 Å². The first-order chi connectivity index (χ1) is 13.4. The SMILES string of the molecule is CC(C)Cc1nc(CCc2ccccc2)c(C(=O)O)cc1-c1cccc(Cl)c1. The van der Waals surface area contributed by atoms with Gasteiger partial charge in [-0.1, -0.05) is 67.9 Å². The number of pyridine rings is 1. The number of aromatic nitrogens is 1. The molecule has 1 N–H and O–H groups in total. The minimum Gasteiger partial charge on any atom is -0.478 e. The highest BCUT2D eigenvalue weighted by molar-refractivity contribution is 6.30. The molecule has 0 unspecified atom stereocenters. The van der Waals surface area contributed by atoms with Gasteiger partial charge >= 0.3 is 5.97 Å². The lowest BCUT2D eigenvalue weighted by Gasteiger charge is -2.16. The van der Waals surface area contributed by atoms with E-state index in [-0.39, 0.29) is 5.56 Å². The molecule has 0 amide bonds. The van der Waals surface area contributed by atoms with Gasteiger partial charge in [-0.3, -0.25) is 4.98 Å². The zero-order valence-corrected chi connectivity index (χ0v) is 16.9. The largest absolute Gasteiger partial charge is 0.478 e. The summed E-state index contributed by atoms with van der Waals surface area (Å²) in [5, 5.41) is 10.4. The predicted molar refractivity (Wildman–Crippen MR) is 114 cm³/mol. The van der Waals surface area contributed by atoms with Gasteiger partial charge < -0.3 is 5.11 Å². The normalized spacial score (nSPS) is 11.0. The number of carbonyl (C=O) groups is 1. The van der Waals surface area contributed by atoms with Crippen LogP contribution in [0.2, 0.25) is 5.02 Å². The van der Waals surface area contributed by atoms with Crippen LogP contribution in [-0.2, 0) is 19.3 Å². The number of nitrogens with zero attached hydrogens (tertiary/aromatic N) is 1. The average Bonchev–Trinajstić information content (AvgIpc) is 2.66. The highest BCUT2D eigenvalue weighted by Gasteiger charge is 2.18. The van der Waals surface area contributed by atoms with Crippen LogP contribution >= 0.6 is 11.6 Å². The Hall–Kier alpha value is -2.65. The minimum absolute atomic E-state index is 0.262. The van der Waals surface area contributed by atoms with Gasteiger partial charge in [0, 0.05) is 16.3 Å². The fourth-order valence-electron chi connectivity index (χ4n) is 3.33. The summed E-state index contributed by atoms with van der Waals surface area (Å²) in [5.74, 6) is -0.543. The number of hydrogen-bond acceptors (Lipinski definition) is 2. The van der Waals surface area contributed by atoms with Crippen molar-refractivity contribution in [1.29, 1.82) is 0 Å². The molecule has 0 atom stereocenters. The number of benzene rings is 2. The van der Waals surface area contributed by atoms with Crippen LogP contribution in [0.25, 0.3) is 11.1 Å². The Labute approximate surface area is 171 Å². The van der Waals surface area contributed by atoms with Crippen molar-refractivity contribution in [3.05, 3.63) is 88.2 Å². The molecule has 0 bridgehead atoms. The van der Waals surface area contributed by atoms with E-state index in [2.05, 4.69) is 26.0 Å². The quantitative estimate of drug-likeness (QED) is 0.528. The van der Waals surface area contributed by atoms with E-state index in [1.807, 2.05) is 42.5 Å². The Kier molecular flexibility index (Phi) is 6.48. The first-order valence-corrected chi connectivity index (χ1v) is 9.87. The zero-order chi connectivity index (χ0) is 20.1. The summed E-state index contributed by atoms with van der Waals surface area (Å²) < 4.78 is 0. The number of carboxylic acids is 1. The molecule has 3 rings (SSSR count). The number of aryl methyl sites for hydroxylation is 2. The molecule has 144 valence electrons. The topological polar surface area (TPSA) is 50.2 Å². The Morgan fingerprint density at radius 1 is 1.00 bits per heavy atom. The second-order valence-corrected chi connectivity index (χ2v) is 7.81. The third-order valence-electron chi connectivity index (χ3n) is 4.64. The smallest absolute Gasteiger partial charge is 0.337 e. The molecule has 0 saturated heterocycles.